The minimum absolute atomic E-state index is 0.419. The smallest absolute Gasteiger partial charge is 0.147 e. The number of nitrogens with one attached hydrogen (secondary N) is 1. The van der Waals surface area contributed by atoms with Crippen molar-refractivity contribution in [2.45, 2.75) is 6.54 Å². The number of hydrogen-bond acceptors (Lipinski definition) is 2. The van der Waals surface area contributed by atoms with Gasteiger partial charge in [-0.25, -0.2) is 0 Å². The van der Waals surface area contributed by atoms with E-state index < -0.39 is 0 Å². The molecule has 1 aromatic carbocycles. The first-order chi connectivity index (χ1) is 4.97. The Kier molecular flexibility index (Phi) is 1.58. The van der Waals surface area contributed by atoms with Crippen LogP contribution in [-0.2, 0) is 6.54 Å². The molecule has 1 N–H and O–H groups in total. The summed E-state index contributed by atoms with van der Waals surface area (Å²) < 4.78 is 5.34. The second-order valence-corrected chi connectivity index (χ2v) is 2.93. The molecule has 3 heteroatoms. The lowest BCUT2D eigenvalue weighted by Crippen LogP contribution is -2.09. The van der Waals surface area contributed by atoms with Crippen molar-refractivity contribution in [2.24, 2.45) is 0 Å². The number of rotatable bonds is 0. The molecule has 10 heavy (non-hydrogen) atoms. The molecule has 0 saturated heterocycles. The molecule has 2 rings (SSSR count). The van der Waals surface area contributed by atoms with Crippen LogP contribution in [0.5, 0.6) is 5.75 Å². The average molecular weight is 153 g/mol. The third-order valence-corrected chi connectivity index (χ3v) is 2.13. The number of benzene rings is 1. The van der Waals surface area contributed by atoms with Crippen molar-refractivity contribution in [3.05, 3.63) is 29.8 Å². The van der Waals surface area contributed by atoms with E-state index in [1.165, 1.54) is 5.56 Å². The van der Waals surface area contributed by atoms with Gasteiger partial charge in [0.15, 0.2) is 0 Å². The summed E-state index contributed by atoms with van der Waals surface area (Å²) in [5.74, 6) is 1.03. The Morgan fingerprint density at radius 3 is 3.20 bits per heavy atom. The van der Waals surface area contributed by atoms with Gasteiger partial charge in [-0.3, -0.25) is 5.09 Å². The van der Waals surface area contributed by atoms with Crippen molar-refractivity contribution in [3.8, 4) is 5.75 Å². The van der Waals surface area contributed by atoms with Crippen LogP contribution in [-0.4, -0.2) is 0 Å². The zero-order valence-electron chi connectivity index (χ0n) is 5.42. The first kappa shape index (κ1) is 6.14. The molecule has 0 aromatic heterocycles. The quantitative estimate of drug-likeness (QED) is 0.572. The third-order valence-electron chi connectivity index (χ3n) is 1.48. The molecule has 1 aliphatic rings. The highest BCUT2D eigenvalue weighted by Gasteiger charge is 2.06. The SMILES string of the molecule is c1ccc2c(c1)CNPO2. The van der Waals surface area contributed by atoms with Gasteiger partial charge in [0.2, 0.25) is 0 Å². The maximum absolute atomic E-state index is 5.34. The Balaban J connectivity index is 2.41. The lowest BCUT2D eigenvalue weighted by molar-refractivity contribution is 0.582. The van der Waals surface area contributed by atoms with Gasteiger partial charge in [-0.15, -0.1) is 0 Å². The second kappa shape index (κ2) is 2.57. The summed E-state index contributed by atoms with van der Waals surface area (Å²) in [6.07, 6.45) is 0. The van der Waals surface area contributed by atoms with Crippen LogP contribution in [0, 0.1) is 0 Å². The molecule has 0 aliphatic carbocycles. The molecular formula is C7H8NOP. The van der Waals surface area contributed by atoms with E-state index in [-0.39, 0.29) is 0 Å². The maximum atomic E-state index is 5.34. The van der Waals surface area contributed by atoms with Crippen LogP contribution in [0.15, 0.2) is 24.3 Å². The monoisotopic (exact) mass is 153 g/mol. The summed E-state index contributed by atoms with van der Waals surface area (Å²) in [7, 11) is 0.419. The predicted molar refractivity (Wildman–Crippen MR) is 42.2 cm³/mol. The van der Waals surface area contributed by atoms with Crippen LogP contribution in [0.1, 0.15) is 5.56 Å². The standard InChI is InChI=1S/C7H8NOP/c1-2-4-7-6(3-1)5-8-10-9-7/h1-4,8,10H,5H2. The maximum Gasteiger partial charge on any atom is 0.147 e. The Morgan fingerprint density at radius 1 is 1.40 bits per heavy atom. The van der Waals surface area contributed by atoms with Gasteiger partial charge in [0.25, 0.3) is 0 Å². The van der Waals surface area contributed by atoms with Gasteiger partial charge in [0.05, 0.1) is 0 Å². The summed E-state index contributed by atoms with van der Waals surface area (Å²) >= 11 is 0. The van der Waals surface area contributed by atoms with Crippen LogP contribution >= 0.6 is 8.96 Å². The Labute approximate surface area is 61.5 Å². The van der Waals surface area contributed by atoms with Crippen molar-refractivity contribution in [3.63, 3.8) is 0 Å². The summed E-state index contributed by atoms with van der Waals surface area (Å²) in [6, 6.07) is 8.10. The lowest BCUT2D eigenvalue weighted by atomic mass is 10.2. The fourth-order valence-corrected chi connectivity index (χ4v) is 1.62. The minimum Gasteiger partial charge on any atom is -0.461 e. The van der Waals surface area contributed by atoms with E-state index in [1.54, 1.807) is 0 Å². The first-order valence-corrected chi connectivity index (χ1v) is 4.10. The van der Waals surface area contributed by atoms with Gasteiger partial charge >= 0.3 is 0 Å². The largest absolute Gasteiger partial charge is 0.461 e. The molecular weight excluding hydrogens is 145 g/mol. The van der Waals surface area contributed by atoms with Crippen LogP contribution < -0.4 is 9.61 Å². The molecule has 0 saturated carbocycles. The lowest BCUT2D eigenvalue weighted by Gasteiger charge is -2.16. The summed E-state index contributed by atoms with van der Waals surface area (Å²) in [5.41, 5.74) is 1.25. The molecule has 0 fully saturated rings. The van der Waals surface area contributed by atoms with Crippen molar-refractivity contribution >= 4 is 8.96 Å². The third kappa shape index (κ3) is 1.00. The molecule has 0 bridgehead atoms. The van der Waals surface area contributed by atoms with Crippen LogP contribution in [0.4, 0.5) is 0 Å². The molecule has 0 radical (unpaired) electrons. The number of fused-ring (bicyclic) bond motifs is 1. The van der Waals surface area contributed by atoms with E-state index >= 15 is 0 Å². The number of para-hydroxylation sites is 1. The topological polar surface area (TPSA) is 21.3 Å². The van der Waals surface area contributed by atoms with E-state index in [0.717, 1.165) is 12.3 Å². The highest BCUT2D eigenvalue weighted by atomic mass is 31.1. The fraction of sp³-hybridized carbons (Fsp3) is 0.143. The van der Waals surface area contributed by atoms with Crippen LogP contribution in [0.2, 0.25) is 0 Å². The van der Waals surface area contributed by atoms with Crippen LogP contribution in [0.3, 0.4) is 0 Å². The molecule has 2 nitrogen and oxygen atoms in total. The second-order valence-electron chi connectivity index (χ2n) is 2.17. The highest BCUT2D eigenvalue weighted by Crippen LogP contribution is 2.27. The first-order valence-electron chi connectivity index (χ1n) is 3.19. The molecule has 1 aliphatic heterocycles. The van der Waals surface area contributed by atoms with E-state index in [9.17, 15) is 0 Å². The van der Waals surface area contributed by atoms with Crippen molar-refractivity contribution in [1.82, 2.24) is 5.09 Å². The van der Waals surface area contributed by atoms with Crippen molar-refractivity contribution in [1.29, 1.82) is 0 Å². The van der Waals surface area contributed by atoms with E-state index in [2.05, 4.69) is 11.2 Å². The Morgan fingerprint density at radius 2 is 2.30 bits per heavy atom. The molecule has 1 heterocycles. The molecule has 0 spiro atoms. The molecule has 1 aromatic rings. The summed E-state index contributed by atoms with van der Waals surface area (Å²) in [4.78, 5) is 0. The summed E-state index contributed by atoms with van der Waals surface area (Å²) in [6.45, 7) is 0.939. The van der Waals surface area contributed by atoms with Crippen molar-refractivity contribution < 1.29 is 4.52 Å². The van der Waals surface area contributed by atoms with Gasteiger partial charge < -0.3 is 4.52 Å². The summed E-state index contributed by atoms with van der Waals surface area (Å²) in [5, 5.41) is 3.15. The molecule has 0 amide bonds. The zero-order valence-corrected chi connectivity index (χ0v) is 6.42. The Hall–Kier alpha value is -0.590. The fourth-order valence-electron chi connectivity index (χ4n) is 0.972. The highest BCUT2D eigenvalue weighted by molar-refractivity contribution is 7.30. The van der Waals surface area contributed by atoms with E-state index in [1.807, 2.05) is 18.2 Å². The normalized spacial score (nSPS) is 18.0. The predicted octanol–water partition coefficient (Wildman–Crippen LogP) is 1.68. The molecule has 1 atom stereocenters. The van der Waals surface area contributed by atoms with E-state index in [0.29, 0.717) is 8.96 Å². The average Bonchev–Trinajstić information content (AvgIpc) is 2.05. The minimum atomic E-state index is 0.419. The van der Waals surface area contributed by atoms with Gasteiger partial charge in [-0.2, -0.15) is 0 Å². The van der Waals surface area contributed by atoms with Crippen molar-refractivity contribution in [2.75, 3.05) is 0 Å². The van der Waals surface area contributed by atoms with Gasteiger partial charge in [0, 0.05) is 12.1 Å². The van der Waals surface area contributed by atoms with Crippen LogP contribution in [0.25, 0.3) is 0 Å². The number of hydrogen-bond donors (Lipinski definition) is 1. The van der Waals surface area contributed by atoms with Gasteiger partial charge in [-0.1, -0.05) is 18.2 Å². The van der Waals surface area contributed by atoms with Gasteiger partial charge in [-0.05, 0) is 6.07 Å². The molecule has 52 valence electrons. The van der Waals surface area contributed by atoms with E-state index in [4.69, 9.17) is 4.52 Å². The Bertz CT molecular complexity index is 214. The zero-order chi connectivity index (χ0) is 6.81. The molecule has 1 unspecified atom stereocenters. The van der Waals surface area contributed by atoms with Gasteiger partial charge in [0.1, 0.15) is 14.7 Å².